The molecule has 0 aliphatic heterocycles. The van der Waals surface area contributed by atoms with E-state index in [4.69, 9.17) is 10.5 Å². The first kappa shape index (κ1) is 25.8. The summed E-state index contributed by atoms with van der Waals surface area (Å²) in [5.74, 6) is -0.820. The standard InChI is InChI=1S/C27H32N4O4/c1-2-35-26(33)19-31-18-24(10-11-25(31)32)30-27(34)23-15-20(8-5-3-4-6-12-28)14-22(16-23)21-9-7-13-29-17-21/h7,9-11,13-18H,2-6,8,12,19,28H2,1H3,(H,30,34). The van der Waals surface area contributed by atoms with Crippen LogP contribution in [-0.4, -0.2) is 34.6 Å². The number of aromatic nitrogens is 2. The molecule has 0 radical (unpaired) electrons. The molecule has 184 valence electrons. The number of pyridine rings is 2. The van der Waals surface area contributed by atoms with E-state index < -0.39 is 5.97 Å². The van der Waals surface area contributed by atoms with Crippen LogP contribution in [0.2, 0.25) is 0 Å². The summed E-state index contributed by atoms with van der Waals surface area (Å²) in [4.78, 5) is 41.3. The third-order valence-corrected chi connectivity index (χ3v) is 5.52. The predicted octanol–water partition coefficient (Wildman–Crippen LogP) is 3.79. The third-order valence-electron chi connectivity index (χ3n) is 5.52. The Bertz CT molecular complexity index is 1190. The summed E-state index contributed by atoms with van der Waals surface area (Å²) in [5.41, 5.74) is 9.05. The fourth-order valence-electron chi connectivity index (χ4n) is 3.77. The number of nitrogens with zero attached hydrogens (tertiary/aromatic N) is 2. The van der Waals surface area contributed by atoms with Gasteiger partial charge in [-0.3, -0.25) is 19.4 Å². The van der Waals surface area contributed by atoms with Crippen molar-refractivity contribution in [3.05, 3.63) is 82.5 Å². The number of anilines is 1. The van der Waals surface area contributed by atoms with Crippen LogP contribution in [0.25, 0.3) is 11.1 Å². The Morgan fingerprint density at radius 3 is 2.63 bits per heavy atom. The van der Waals surface area contributed by atoms with Crippen LogP contribution in [0.15, 0.2) is 65.8 Å². The zero-order valence-electron chi connectivity index (χ0n) is 20.0. The first-order chi connectivity index (χ1) is 17.0. The smallest absolute Gasteiger partial charge is 0.326 e. The van der Waals surface area contributed by atoms with E-state index in [0.717, 1.165) is 48.8 Å². The molecule has 0 unspecified atom stereocenters. The van der Waals surface area contributed by atoms with Crippen LogP contribution in [0.4, 0.5) is 5.69 Å². The highest BCUT2D eigenvalue weighted by atomic mass is 16.5. The summed E-state index contributed by atoms with van der Waals surface area (Å²) in [7, 11) is 0. The molecular formula is C27H32N4O4. The summed E-state index contributed by atoms with van der Waals surface area (Å²) >= 11 is 0. The average molecular weight is 477 g/mol. The highest BCUT2D eigenvalue weighted by Crippen LogP contribution is 2.24. The van der Waals surface area contributed by atoms with Gasteiger partial charge in [-0.2, -0.15) is 0 Å². The van der Waals surface area contributed by atoms with Gasteiger partial charge in [0.05, 0.1) is 12.3 Å². The lowest BCUT2D eigenvalue weighted by atomic mass is 9.97. The Morgan fingerprint density at radius 1 is 1.06 bits per heavy atom. The molecule has 3 N–H and O–H groups in total. The highest BCUT2D eigenvalue weighted by Gasteiger charge is 2.12. The second-order valence-electron chi connectivity index (χ2n) is 8.26. The van der Waals surface area contributed by atoms with Gasteiger partial charge in [-0.25, -0.2) is 0 Å². The second kappa shape index (κ2) is 13.2. The summed E-state index contributed by atoms with van der Waals surface area (Å²) in [5, 5.41) is 2.84. The minimum Gasteiger partial charge on any atom is -0.465 e. The number of aryl methyl sites for hydroxylation is 1. The Kier molecular flexibility index (Phi) is 9.74. The molecule has 0 aliphatic rings. The van der Waals surface area contributed by atoms with Crippen molar-refractivity contribution in [2.45, 2.75) is 45.6 Å². The van der Waals surface area contributed by atoms with Crippen LogP contribution in [0.3, 0.4) is 0 Å². The molecule has 35 heavy (non-hydrogen) atoms. The molecular weight excluding hydrogens is 444 g/mol. The van der Waals surface area contributed by atoms with Gasteiger partial charge in [-0.1, -0.05) is 25.0 Å². The van der Waals surface area contributed by atoms with Gasteiger partial charge in [0, 0.05) is 35.8 Å². The van der Waals surface area contributed by atoms with Gasteiger partial charge >= 0.3 is 5.97 Å². The van der Waals surface area contributed by atoms with Crippen molar-refractivity contribution >= 4 is 17.6 Å². The van der Waals surface area contributed by atoms with Crippen molar-refractivity contribution in [2.24, 2.45) is 5.73 Å². The Balaban J connectivity index is 1.82. The van der Waals surface area contributed by atoms with Crippen LogP contribution in [0.5, 0.6) is 0 Å². The first-order valence-corrected chi connectivity index (χ1v) is 11.9. The quantitative estimate of drug-likeness (QED) is 0.303. The van der Waals surface area contributed by atoms with E-state index in [1.54, 1.807) is 19.3 Å². The van der Waals surface area contributed by atoms with Crippen molar-refractivity contribution in [1.29, 1.82) is 0 Å². The Morgan fingerprint density at radius 2 is 1.89 bits per heavy atom. The number of hydrogen-bond acceptors (Lipinski definition) is 6. The second-order valence-corrected chi connectivity index (χ2v) is 8.26. The van der Waals surface area contributed by atoms with Gasteiger partial charge in [0.15, 0.2) is 0 Å². The van der Waals surface area contributed by atoms with Crippen molar-refractivity contribution in [2.75, 3.05) is 18.5 Å². The van der Waals surface area contributed by atoms with Gasteiger partial charge in [0.25, 0.3) is 11.5 Å². The molecule has 3 aromatic rings. The third kappa shape index (κ3) is 7.89. The van der Waals surface area contributed by atoms with Crippen molar-refractivity contribution in [3.8, 4) is 11.1 Å². The van der Waals surface area contributed by atoms with Crippen molar-refractivity contribution in [3.63, 3.8) is 0 Å². The zero-order chi connectivity index (χ0) is 25.0. The van der Waals surface area contributed by atoms with Crippen molar-refractivity contribution in [1.82, 2.24) is 9.55 Å². The lowest BCUT2D eigenvalue weighted by Gasteiger charge is -2.12. The number of benzene rings is 1. The minimum atomic E-state index is -0.515. The molecule has 3 rings (SSSR count). The summed E-state index contributed by atoms with van der Waals surface area (Å²) in [6, 6.07) is 12.5. The molecule has 0 saturated carbocycles. The Labute approximate surface area is 205 Å². The monoisotopic (exact) mass is 476 g/mol. The maximum Gasteiger partial charge on any atom is 0.326 e. The number of amides is 1. The van der Waals surface area contributed by atoms with E-state index in [9.17, 15) is 14.4 Å². The molecule has 1 aromatic carbocycles. The van der Waals surface area contributed by atoms with E-state index in [2.05, 4.69) is 16.4 Å². The minimum absolute atomic E-state index is 0.221. The van der Waals surface area contributed by atoms with Crippen LogP contribution in [0, 0.1) is 0 Å². The fourth-order valence-corrected chi connectivity index (χ4v) is 3.77. The number of hydrogen-bond donors (Lipinski definition) is 2. The maximum absolute atomic E-state index is 13.2. The number of carbonyl (C=O) groups is 2. The number of esters is 1. The molecule has 2 heterocycles. The van der Waals surface area contributed by atoms with E-state index in [1.165, 1.54) is 22.9 Å². The van der Waals surface area contributed by atoms with E-state index in [-0.39, 0.29) is 24.6 Å². The van der Waals surface area contributed by atoms with Gasteiger partial charge in [0.2, 0.25) is 0 Å². The molecule has 1 amide bonds. The summed E-state index contributed by atoms with van der Waals surface area (Å²) in [6.45, 7) is 2.41. The van der Waals surface area contributed by atoms with E-state index >= 15 is 0 Å². The molecule has 0 aliphatic carbocycles. The van der Waals surface area contributed by atoms with Gasteiger partial charge < -0.3 is 20.4 Å². The normalized spacial score (nSPS) is 10.7. The number of nitrogens with one attached hydrogen (secondary N) is 1. The molecule has 2 aromatic heterocycles. The van der Waals surface area contributed by atoms with Crippen LogP contribution >= 0.6 is 0 Å². The zero-order valence-corrected chi connectivity index (χ0v) is 20.0. The number of carbonyl (C=O) groups excluding carboxylic acids is 2. The van der Waals surface area contributed by atoms with Crippen molar-refractivity contribution < 1.29 is 14.3 Å². The Hall–Kier alpha value is -3.78. The number of nitrogens with two attached hydrogens (primary N) is 1. The lowest BCUT2D eigenvalue weighted by Crippen LogP contribution is -2.25. The van der Waals surface area contributed by atoms with Crippen LogP contribution in [-0.2, 0) is 22.5 Å². The van der Waals surface area contributed by atoms with Gasteiger partial charge in [0.1, 0.15) is 6.54 Å². The predicted molar refractivity (Wildman–Crippen MR) is 136 cm³/mol. The largest absolute Gasteiger partial charge is 0.465 e. The van der Waals surface area contributed by atoms with Gasteiger partial charge in [-0.05, 0) is 68.1 Å². The first-order valence-electron chi connectivity index (χ1n) is 11.9. The van der Waals surface area contributed by atoms with Crippen LogP contribution < -0.4 is 16.6 Å². The summed E-state index contributed by atoms with van der Waals surface area (Å²) in [6.07, 6.45) is 9.98. The van der Waals surface area contributed by atoms with Crippen LogP contribution in [0.1, 0.15) is 48.5 Å². The molecule has 0 bridgehead atoms. The molecule has 0 atom stereocenters. The fraction of sp³-hybridized carbons (Fsp3) is 0.333. The van der Waals surface area contributed by atoms with E-state index in [0.29, 0.717) is 17.8 Å². The van der Waals surface area contributed by atoms with E-state index in [1.807, 2.05) is 24.3 Å². The number of ether oxygens (including phenoxy) is 1. The molecule has 0 saturated heterocycles. The van der Waals surface area contributed by atoms with Gasteiger partial charge in [-0.15, -0.1) is 0 Å². The molecule has 8 nitrogen and oxygen atoms in total. The number of unbranched alkanes of at least 4 members (excludes halogenated alkanes) is 3. The lowest BCUT2D eigenvalue weighted by molar-refractivity contribution is -0.143. The SMILES string of the molecule is CCOC(=O)Cn1cc(NC(=O)c2cc(CCCCCCN)cc(-c3cccnc3)c2)ccc1=O. The topological polar surface area (TPSA) is 116 Å². The summed E-state index contributed by atoms with van der Waals surface area (Å²) < 4.78 is 6.13. The maximum atomic E-state index is 13.2. The molecule has 8 heteroatoms. The highest BCUT2D eigenvalue weighted by molar-refractivity contribution is 6.05. The molecule has 0 spiro atoms. The number of rotatable bonds is 12. The average Bonchev–Trinajstić information content (AvgIpc) is 2.86. The molecule has 0 fully saturated rings.